The lowest BCUT2D eigenvalue weighted by Gasteiger charge is -2.10. The second-order valence-electron chi connectivity index (χ2n) is 2.95. The molecule has 1 aromatic heterocycles. The fourth-order valence-electron chi connectivity index (χ4n) is 1.40. The number of rotatable bonds is 2. The monoisotopic (exact) mass is 208 g/mol. The van der Waals surface area contributed by atoms with Crippen LogP contribution in [0.4, 0.5) is 5.82 Å². The lowest BCUT2D eigenvalue weighted by atomic mass is 10.3. The maximum atomic E-state index is 11.7. The molecule has 0 bridgehead atoms. The van der Waals surface area contributed by atoms with E-state index in [1.165, 1.54) is 4.57 Å². The van der Waals surface area contributed by atoms with Crippen LogP contribution in [-0.4, -0.2) is 9.13 Å². The highest BCUT2D eigenvalue weighted by Gasteiger charge is 2.14. The second-order valence-corrected chi connectivity index (χ2v) is 2.95. The molecule has 0 aliphatic heterocycles. The van der Waals surface area contributed by atoms with E-state index in [4.69, 9.17) is 11.0 Å². The maximum Gasteiger partial charge on any atom is 0.332 e. The molecule has 2 N–H and O–H groups in total. The molecule has 0 amide bonds. The number of nitrogen functional groups attached to an aromatic ring is 1. The molecule has 0 spiro atoms. The smallest absolute Gasteiger partial charge is 0.332 e. The number of hydrogen-bond acceptors (Lipinski definition) is 4. The summed E-state index contributed by atoms with van der Waals surface area (Å²) in [7, 11) is 0. The Kier molecular flexibility index (Phi) is 2.95. The molecule has 6 heteroatoms. The number of hydrogen-bond donors (Lipinski definition) is 1. The lowest BCUT2D eigenvalue weighted by molar-refractivity contribution is 0.592. The Morgan fingerprint density at radius 2 is 1.80 bits per heavy atom. The zero-order chi connectivity index (χ0) is 11.6. The third-order valence-electron chi connectivity index (χ3n) is 2.21. The molecule has 6 nitrogen and oxygen atoms in total. The Morgan fingerprint density at radius 3 is 2.20 bits per heavy atom. The van der Waals surface area contributed by atoms with E-state index < -0.39 is 11.2 Å². The Morgan fingerprint density at radius 1 is 1.27 bits per heavy atom. The number of nitriles is 1. The molecular weight excluding hydrogens is 196 g/mol. The minimum absolute atomic E-state index is 0.0558. The van der Waals surface area contributed by atoms with Crippen LogP contribution >= 0.6 is 0 Å². The van der Waals surface area contributed by atoms with Crippen molar-refractivity contribution in [1.29, 1.82) is 5.26 Å². The highest BCUT2D eigenvalue weighted by Crippen LogP contribution is 2.01. The van der Waals surface area contributed by atoms with Crippen LogP contribution in [0.5, 0.6) is 0 Å². The summed E-state index contributed by atoms with van der Waals surface area (Å²) >= 11 is 0. The van der Waals surface area contributed by atoms with Crippen molar-refractivity contribution in [2.45, 2.75) is 26.9 Å². The predicted octanol–water partition coefficient (Wildman–Crippen LogP) is -0.496. The standard InChI is InChI=1S/C9H12N4O2/c1-3-12-7(11)6(5-10)8(14)13(4-2)9(12)15/h3-4,11H2,1-2H3. The number of nitrogens with two attached hydrogens (primary N) is 1. The van der Waals surface area contributed by atoms with Gasteiger partial charge in [0.25, 0.3) is 5.56 Å². The van der Waals surface area contributed by atoms with Gasteiger partial charge in [0.15, 0.2) is 5.56 Å². The van der Waals surface area contributed by atoms with Gasteiger partial charge < -0.3 is 5.73 Å². The minimum atomic E-state index is -0.618. The van der Waals surface area contributed by atoms with Crippen molar-refractivity contribution in [3.05, 3.63) is 26.4 Å². The number of anilines is 1. The molecule has 0 radical (unpaired) electrons. The largest absolute Gasteiger partial charge is 0.384 e. The maximum absolute atomic E-state index is 11.7. The van der Waals surface area contributed by atoms with Gasteiger partial charge in [-0.05, 0) is 13.8 Å². The van der Waals surface area contributed by atoms with Gasteiger partial charge in [-0.15, -0.1) is 0 Å². The van der Waals surface area contributed by atoms with E-state index in [1.807, 2.05) is 0 Å². The van der Waals surface area contributed by atoms with Crippen LogP contribution in [0.25, 0.3) is 0 Å². The highest BCUT2D eigenvalue weighted by molar-refractivity contribution is 5.47. The van der Waals surface area contributed by atoms with Crippen molar-refractivity contribution < 1.29 is 0 Å². The zero-order valence-corrected chi connectivity index (χ0v) is 8.65. The summed E-state index contributed by atoms with van der Waals surface area (Å²) in [5, 5.41) is 8.77. The van der Waals surface area contributed by atoms with Crippen molar-refractivity contribution in [2.75, 3.05) is 5.73 Å². The Hall–Kier alpha value is -2.03. The summed E-state index contributed by atoms with van der Waals surface area (Å²) in [6.07, 6.45) is 0. The predicted molar refractivity (Wildman–Crippen MR) is 55.4 cm³/mol. The van der Waals surface area contributed by atoms with Gasteiger partial charge in [0.05, 0.1) is 0 Å². The lowest BCUT2D eigenvalue weighted by Crippen LogP contribution is -2.41. The molecule has 0 atom stereocenters. The Bertz CT molecular complexity index is 533. The average Bonchev–Trinajstić information content (AvgIpc) is 2.19. The molecule has 0 aliphatic rings. The van der Waals surface area contributed by atoms with Gasteiger partial charge in [-0.25, -0.2) is 4.79 Å². The molecule has 0 aliphatic carbocycles. The summed E-state index contributed by atoms with van der Waals surface area (Å²) in [6.45, 7) is 3.95. The molecular formula is C9H12N4O2. The number of nitrogens with zero attached hydrogens (tertiary/aromatic N) is 3. The average molecular weight is 208 g/mol. The SMILES string of the molecule is CCn1c(N)c(C#N)c(=O)n(CC)c1=O. The molecule has 0 saturated heterocycles. The van der Waals surface area contributed by atoms with Crippen molar-refractivity contribution >= 4 is 5.82 Å². The molecule has 15 heavy (non-hydrogen) atoms. The van der Waals surface area contributed by atoms with Gasteiger partial charge in [-0.2, -0.15) is 5.26 Å². The minimum Gasteiger partial charge on any atom is -0.384 e. The molecule has 80 valence electrons. The van der Waals surface area contributed by atoms with Crippen LogP contribution in [0.3, 0.4) is 0 Å². The van der Waals surface area contributed by atoms with E-state index in [-0.39, 0.29) is 17.9 Å². The van der Waals surface area contributed by atoms with Gasteiger partial charge in [0.2, 0.25) is 0 Å². The normalized spacial score (nSPS) is 9.93. The zero-order valence-electron chi connectivity index (χ0n) is 8.65. The summed E-state index contributed by atoms with van der Waals surface area (Å²) in [5.74, 6) is -0.0558. The van der Waals surface area contributed by atoms with E-state index in [0.717, 1.165) is 4.57 Å². The van der Waals surface area contributed by atoms with Crippen molar-refractivity contribution in [3.63, 3.8) is 0 Å². The molecule has 0 saturated carbocycles. The Labute approximate surface area is 86.2 Å². The first-order valence-electron chi connectivity index (χ1n) is 4.61. The molecule has 0 fully saturated rings. The first kappa shape index (κ1) is 11.0. The van der Waals surface area contributed by atoms with Gasteiger partial charge in [-0.1, -0.05) is 0 Å². The second kappa shape index (κ2) is 4.00. The highest BCUT2D eigenvalue weighted by atomic mass is 16.2. The Balaban J connectivity index is 3.84. The fourth-order valence-corrected chi connectivity index (χ4v) is 1.40. The van der Waals surface area contributed by atoms with Crippen molar-refractivity contribution in [2.24, 2.45) is 0 Å². The third kappa shape index (κ3) is 1.52. The summed E-state index contributed by atoms with van der Waals surface area (Å²) in [4.78, 5) is 23.3. The van der Waals surface area contributed by atoms with Gasteiger partial charge in [0, 0.05) is 13.1 Å². The fraction of sp³-hybridized carbons (Fsp3) is 0.444. The van der Waals surface area contributed by atoms with Crippen LogP contribution in [0.15, 0.2) is 9.59 Å². The van der Waals surface area contributed by atoms with Gasteiger partial charge in [0.1, 0.15) is 11.9 Å². The van der Waals surface area contributed by atoms with Crippen LogP contribution < -0.4 is 17.0 Å². The van der Waals surface area contributed by atoms with Crippen LogP contribution in [-0.2, 0) is 13.1 Å². The summed E-state index contributed by atoms with van der Waals surface area (Å²) in [6, 6.07) is 1.72. The van der Waals surface area contributed by atoms with Crippen molar-refractivity contribution in [3.8, 4) is 6.07 Å². The number of aromatic nitrogens is 2. The molecule has 0 aromatic carbocycles. The van der Waals surface area contributed by atoms with Crippen LogP contribution in [0.2, 0.25) is 0 Å². The van der Waals surface area contributed by atoms with Crippen LogP contribution in [0.1, 0.15) is 19.4 Å². The van der Waals surface area contributed by atoms with E-state index in [9.17, 15) is 9.59 Å². The first-order chi connectivity index (χ1) is 7.08. The molecule has 0 unspecified atom stereocenters. The third-order valence-corrected chi connectivity index (χ3v) is 2.21. The topological polar surface area (TPSA) is 93.8 Å². The van der Waals surface area contributed by atoms with E-state index in [0.29, 0.717) is 6.54 Å². The van der Waals surface area contributed by atoms with E-state index >= 15 is 0 Å². The molecule has 1 rings (SSSR count). The molecule has 1 aromatic rings. The summed E-state index contributed by atoms with van der Waals surface area (Å²) < 4.78 is 2.21. The van der Waals surface area contributed by atoms with Crippen molar-refractivity contribution in [1.82, 2.24) is 9.13 Å². The first-order valence-corrected chi connectivity index (χ1v) is 4.61. The molecule has 1 heterocycles. The van der Waals surface area contributed by atoms with Crippen LogP contribution in [0, 0.1) is 11.3 Å². The quantitative estimate of drug-likeness (QED) is 0.709. The van der Waals surface area contributed by atoms with E-state index in [1.54, 1.807) is 19.9 Å². The van der Waals surface area contributed by atoms with Gasteiger partial charge in [-0.3, -0.25) is 13.9 Å². The van der Waals surface area contributed by atoms with E-state index in [2.05, 4.69) is 0 Å². The van der Waals surface area contributed by atoms with Gasteiger partial charge >= 0.3 is 5.69 Å². The summed E-state index contributed by atoms with van der Waals surface area (Å²) in [5.41, 5.74) is 4.30.